The molecule has 2 rings (SSSR count). The van der Waals surface area contributed by atoms with Crippen LogP contribution in [0, 0.1) is 0 Å². The van der Waals surface area contributed by atoms with Crippen molar-refractivity contribution in [3.8, 4) is 0 Å². The predicted octanol–water partition coefficient (Wildman–Crippen LogP) is 7.90. The molecule has 292 valence electrons. The van der Waals surface area contributed by atoms with E-state index in [0.717, 1.165) is 48.8 Å². The Labute approximate surface area is 304 Å². The van der Waals surface area contributed by atoms with Gasteiger partial charge in [0.15, 0.2) is 16.6 Å². The molecular weight excluding hydrogens is 677 g/mol. The van der Waals surface area contributed by atoms with Crippen LogP contribution in [0.2, 0.25) is 36.3 Å². The van der Waals surface area contributed by atoms with Crippen molar-refractivity contribution in [2.75, 3.05) is 13.2 Å². The highest BCUT2D eigenvalue weighted by atomic mass is 28.4. The van der Waals surface area contributed by atoms with Gasteiger partial charge in [-0.15, -0.1) is 0 Å². The van der Waals surface area contributed by atoms with Crippen LogP contribution in [-0.4, -0.2) is 111 Å². The third-order valence-electron chi connectivity index (χ3n) is 9.88. The largest absolute Gasteiger partial charge is 0.444 e. The van der Waals surface area contributed by atoms with E-state index >= 15 is 0 Å². The normalized spacial score (nSPS) is 21.9. The lowest BCUT2D eigenvalue weighted by Crippen LogP contribution is -2.56. The van der Waals surface area contributed by atoms with Crippen LogP contribution in [0.5, 0.6) is 0 Å². The number of carbonyl (C=O) groups excluding carboxylic acids is 4. The van der Waals surface area contributed by atoms with Gasteiger partial charge < -0.3 is 37.4 Å². The van der Waals surface area contributed by atoms with Crippen LogP contribution < -0.4 is 0 Å². The lowest BCUT2D eigenvalue weighted by atomic mass is 10.1. The molecule has 2 amide bonds. The number of amides is 2. The molecule has 0 unspecified atom stereocenters. The molecule has 2 fully saturated rings. The number of hydrogen-bond donors (Lipinski definition) is 0. The van der Waals surface area contributed by atoms with Gasteiger partial charge in [-0.25, -0.2) is 9.59 Å². The number of rotatable bonds is 14. The third-order valence-corrected chi connectivity index (χ3v) is 19.2. The minimum absolute atomic E-state index is 0.261. The van der Waals surface area contributed by atoms with Crippen LogP contribution in [0.1, 0.15) is 111 Å². The van der Waals surface area contributed by atoms with Gasteiger partial charge in [0, 0.05) is 0 Å². The maximum Gasteiger partial charge on any atom is 0.413 e. The molecule has 0 radical (unpaired) electrons. The number of hydrogen-bond acceptors (Lipinski definition) is 10. The topological polar surface area (TPSA) is 130 Å². The first-order valence-corrected chi connectivity index (χ1v) is 23.5. The van der Waals surface area contributed by atoms with Gasteiger partial charge >= 0.3 is 12.2 Å². The van der Waals surface area contributed by atoms with E-state index in [1.807, 2.05) is 69.2 Å². The molecule has 50 heavy (non-hydrogen) atoms. The zero-order valence-electron chi connectivity index (χ0n) is 34.1. The van der Waals surface area contributed by atoms with Crippen molar-refractivity contribution in [3.63, 3.8) is 0 Å². The minimum Gasteiger partial charge on any atom is -0.444 e. The van der Waals surface area contributed by atoms with Gasteiger partial charge in [-0.2, -0.15) is 0 Å². The summed E-state index contributed by atoms with van der Waals surface area (Å²) in [5.41, 5.74) is -2.92. The van der Waals surface area contributed by atoms with Gasteiger partial charge in [-0.05, 0) is 106 Å². The Morgan fingerprint density at radius 2 is 0.900 bits per heavy atom. The molecule has 0 aromatic carbocycles. The summed E-state index contributed by atoms with van der Waals surface area (Å²) in [5, 5.41) is 0. The summed E-state index contributed by atoms with van der Waals surface area (Å²) >= 11 is 0. The highest BCUT2D eigenvalue weighted by Crippen LogP contribution is 2.35. The number of nitrogens with zero attached hydrogens (tertiary/aromatic N) is 2. The van der Waals surface area contributed by atoms with Crippen LogP contribution in [0.4, 0.5) is 9.59 Å². The molecule has 2 heterocycles. The molecule has 0 saturated carbocycles. The Balaban J connectivity index is 0.000000500. The van der Waals surface area contributed by atoms with Crippen molar-refractivity contribution < 1.29 is 47.0 Å². The number of ether oxygens (including phenoxy) is 4. The molecule has 0 aliphatic carbocycles. The maximum absolute atomic E-state index is 12.7. The van der Waals surface area contributed by atoms with E-state index < -0.39 is 75.8 Å². The van der Waals surface area contributed by atoms with Crippen molar-refractivity contribution in [2.45, 2.75) is 194 Å². The highest BCUT2D eigenvalue weighted by molar-refractivity contribution is 6.74. The fourth-order valence-electron chi connectivity index (χ4n) is 6.45. The summed E-state index contributed by atoms with van der Waals surface area (Å²) in [6.45, 7) is 31.4. The molecule has 2 aliphatic heterocycles. The fraction of sp³-hybridized carbons (Fsp3) is 0.889. The lowest BCUT2D eigenvalue weighted by Gasteiger charge is -2.39. The van der Waals surface area contributed by atoms with Gasteiger partial charge in [0.2, 0.25) is 0 Å². The van der Waals surface area contributed by atoms with Gasteiger partial charge in [0.1, 0.15) is 47.4 Å². The molecule has 12 nitrogen and oxygen atoms in total. The Morgan fingerprint density at radius 3 is 1.10 bits per heavy atom. The second kappa shape index (κ2) is 18.3. The molecule has 4 atom stereocenters. The molecule has 0 aromatic heterocycles. The molecule has 0 N–H and O–H groups in total. The Morgan fingerprint density at radius 1 is 0.640 bits per heavy atom. The summed E-state index contributed by atoms with van der Waals surface area (Å²) in [6, 6.07) is 4.68. The smallest absolute Gasteiger partial charge is 0.413 e. The van der Waals surface area contributed by atoms with E-state index in [4.69, 9.17) is 27.8 Å². The maximum atomic E-state index is 12.7. The molecule has 14 heteroatoms. The van der Waals surface area contributed by atoms with E-state index in [-0.39, 0.29) is 13.2 Å². The van der Waals surface area contributed by atoms with Gasteiger partial charge in [-0.1, -0.05) is 41.5 Å². The van der Waals surface area contributed by atoms with Crippen LogP contribution in [0.3, 0.4) is 0 Å². The van der Waals surface area contributed by atoms with Crippen molar-refractivity contribution in [1.82, 2.24) is 9.80 Å². The summed E-state index contributed by atoms with van der Waals surface area (Å²) in [4.78, 5) is 52.2. The first-order valence-electron chi connectivity index (χ1n) is 18.5. The average molecular weight is 747 g/mol. The molecule has 0 spiro atoms. The van der Waals surface area contributed by atoms with Gasteiger partial charge in [-0.3, -0.25) is 9.80 Å². The standard InChI is InChI=1S/2C18H35NO5Si/c2*1-9-25(10-2,11-3)24-15(12-20)14-13-22-18(7,8)19(14)16(21)23-17(4,5)6/h2*12,14-15H,9-11,13H2,1-8H3/t14-,15+;14-,15-/m00/s1. The first-order chi connectivity index (χ1) is 22.9. The van der Waals surface area contributed by atoms with Crippen molar-refractivity contribution >= 4 is 41.4 Å². The van der Waals surface area contributed by atoms with Crippen LogP contribution in [-0.2, 0) is 37.4 Å². The van der Waals surface area contributed by atoms with Crippen LogP contribution in [0.15, 0.2) is 0 Å². The van der Waals surface area contributed by atoms with E-state index in [2.05, 4.69) is 41.5 Å². The second-order valence-corrected chi connectivity index (χ2v) is 25.7. The van der Waals surface area contributed by atoms with Gasteiger partial charge in [0.25, 0.3) is 0 Å². The SMILES string of the molecule is CC[Si](CC)(CC)O[C@@H](C=O)[C@@H]1COC(C)(C)N1C(=O)OC(C)(C)C.CC[Si](CC)(CC)O[C@H](C=O)[C@@H]1COC(C)(C)N1C(=O)OC(C)(C)C. The van der Waals surface area contributed by atoms with E-state index in [1.165, 1.54) is 9.80 Å². The van der Waals surface area contributed by atoms with Crippen molar-refractivity contribution in [1.29, 1.82) is 0 Å². The molecule has 0 bridgehead atoms. The van der Waals surface area contributed by atoms with E-state index in [9.17, 15) is 19.2 Å². The van der Waals surface area contributed by atoms with Crippen molar-refractivity contribution in [2.24, 2.45) is 0 Å². The summed E-state index contributed by atoms with van der Waals surface area (Å²) in [6.07, 6.45) is -0.716. The molecule has 0 aromatic rings. The number of carbonyl (C=O) groups is 4. The fourth-order valence-corrected chi connectivity index (χ4v) is 12.0. The molecule has 2 saturated heterocycles. The number of aldehydes is 2. The van der Waals surface area contributed by atoms with E-state index in [0.29, 0.717) is 0 Å². The molecule has 2 aliphatic rings. The zero-order valence-corrected chi connectivity index (χ0v) is 36.1. The Kier molecular flexibility index (Phi) is 16.9. The summed E-state index contributed by atoms with van der Waals surface area (Å²) in [7, 11) is -3.98. The first kappa shape index (κ1) is 46.2. The minimum atomic E-state index is -1.99. The average Bonchev–Trinajstić information content (AvgIpc) is 3.52. The highest BCUT2D eigenvalue weighted by Gasteiger charge is 2.52. The summed E-state index contributed by atoms with van der Waals surface area (Å²) < 4.78 is 35.4. The zero-order chi connectivity index (χ0) is 38.9. The van der Waals surface area contributed by atoms with E-state index in [1.54, 1.807) is 0 Å². The quantitative estimate of drug-likeness (QED) is 0.128. The third kappa shape index (κ3) is 12.1. The second-order valence-electron chi connectivity index (χ2n) is 16.3. The van der Waals surface area contributed by atoms with Crippen LogP contribution >= 0.6 is 0 Å². The van der Waals surface area contributed by atoms with Crippen molar-refractivity contribution in [3.05, 3.63) is 0 Å². The summed E-state index contributed by atoms with van der Waals surface area (Å²) in [5.74, 6) is 0. The predicted molar refractivity (Wildman–Crippen MR) is 200 cm³/mol. The Bertz CT molecular complexity index is 1010. The Hall–Kier alpha value is -1.85. The van der Waals surface area contributed by atoms with Crippen LogP contribution in [0.25, 0.3) is 0 Å². The molecular formula is C36H70N2O10Si2. The van der Waals surface area contributed by atoms with Gasteiger partial charge in [0.05, 0.1) is 25.3 Å². The lowest BCUT2D eigenvalue weighted by molar-refractivity contribution is -0.118. The monoisotopic (exact) mass is 746 g/mol.